The molecule has 0 aliphatic heterocycles. The van der Waals surface area contributed by atoms with Crippen LogP contribution in [-0.4, -0.2) is 20.4 Å². The van der Waals surface area contributed by atoms with Gasteiger partial charge in [-0.3, -0.25) is 14.9 Å². The molecule has 1 amide bonds. The molecule has 0 fully saturated rings. The van der Waals surface area contributed by atoms with Gasteiger partial charge in [0, 0.05) is 23.1 Å². The van der Waals surface area contributed by atoms with E-state index in [1.165, 1.54) is 6.08 Å². The summed E-state index contributed by atoms with van der Waals surface area (Å²) in [7, 11) is 0. The highest BCUT2D eigenvalue weighted by molar-refractivity contribution is 6.06. The van der Waals surface area contributed by atoms with Crippen LogP contribution in [0.2, 0.25) is 0 Å². The van der Waals surface area contributed by atoms with Crippen molar-refractivity contribution in [1.29, 1.82) is 5.26 Å². The van der Waals surface area contributed by atoms with Gasteiger partial charge in [-0.1, -0.05) is 18.2 Å². The highest BCUT2D eigenvalue weighted by Gasteiger charge is 2.18. The Balaban J connectivity index is 1.76. The Labute approximate surface area is 179 Å². The third kappa shape index (κ3) is 4.05. The number of hydrogen-bond acceptors (Lipinski definition) is 4. The first-order chi connectivity index (χ1) is 15.0. The minimum Gasteiger partial charge on any atom is -0.460 e. The summed E-state index contributed by atoms with van der Waals surface area (Å²) >= 11 is 0. The number of aryl methyl sites for hydroxylation is 3. The molecule has 154 valence electrons. The summed E-state index contributed by atoms with van der Waals surface area (Å²) in [4.78, 5) is 12.8. The second-order valence-corrected chi connectivity index (χ2v) is 7.19. The van der Waals surface area contributed by atoms with Gasteiger partial charge in [-0.25, -0.2) is 4.68 Å². The average Bonchev–Trinajstić information content (AvgIpc) is 3.47. The predicted octanol–water partition coefficient (Wildman–Crippen LogP) is 4.54. The molecule has 0 bridgehead atoms. The zero-order chi connectivity index (χ0) is 22.0. The van der Waals surface area contributed by atoms with E-state index in [1.807, 2.05) is 81.4 Å². The topological polar surface area (TPSA) is 88.8 Å². The summed E-state index contributed by atoms with van der Waals surface area (Å²) in [6, 6.07) is 19.1. The number of para-hydroxylation sites is 1. The monoisotopic (exact) mass is 411 g/mol. The van der Waals surface area contributed by atoms with E-state index in [0.717, 1.165) is 22.8 Å². The number of nitriles is 1. The van der Waals surface area contributed by atoms with Gasteiger partial charge < -0.3 is 4.42 Å². The predicted molar refractivity (Wildman–Crippen MR) is 118 cm³/mol. The fourth-order valence-electron chi connectivity index (χ4n) is 3.27. The number of rotatable bonds is 5. The molecule has 7 nitrogen and oxygen atoms in total. The van der Waals surface area contributed by atoms with Crippen molar-refractivity contribution in [1.82, 2.24) is 14.5 Å². The van der Waals surface area contributed by atoms with Crippen LogP contribution in [0, 0.1) is 32.1 Å². The molecule has 0 saturated heterocycles. The number of amides is 1. The lowest BCUT2D eigenvalue weighted by Gasteiger charge is -2.10. The van der Waals surface area contributed by atoms with Crippen molar-refractivity contribution in [2.75, 3.05) is 5.43 Å². The highest BCUT2D eigenvalue weighted by Crippen LogP contribution is 2.27. The summed E-state index contributed by atoms with van der Waals surface area (Å²) in [5, 5.41) is 14.3. The minimum atomic E-state index is -0.501. The number of nitrogens with one attached hydrogen (secondary N) is 1. The van der Waals surface area contributed by atoms with Crippen molar-refractivity contribution < 1.29 is 9.21 Å². The van der Waals surface area contributed by atoms with Crippen LogP contribution in [0.5, 0.6) is 0 Å². The summed E-state index contributed by atoms with van der Waals surface area (Å²) in [6.45, 7) is 5.61. The van der Waals surface area contributed by atoms with E-state index >= 15 is 0 Å². The second kappa shape index (κ2) is 8.20. The van der Waals surface area contributed by atoms with Gasteiger partial charge in [0.2, 0.25) is 0 Å². The van der Waals surface area contributed by atoms with E-state index in [4.69, 9.17) is 4.42 Å². The second-order valence-electron chi connectivity index (χ2n) is 7.19. The van der Waals surface area contributed by atoms with Crippen molar-refractivity contribution in [3.05, 3.63) is 89.1 Å². The molecule has 3 aromatic heterocycles. The SMILES string of the molecule is Cc1ccc(-c2nn(-c3ccccc3)cc2/C=C(\C#N)C(=O)Nn2c(C)ccc2C)o1. The lowest BCUT2D eigenvalue weighted by atomic mass is 10.1. The first kappa shape index (κ1) is 20.0. The van der Waals surface area contributed by atoms with E-state index in [0.29, 0.717) is 17.0 Å². The van der Waals surface area contributed by atoms with Crippen LogP contribution < -0.4 is 5.43 Å². The Morgan fingerprint density at radius 3 is 2.39 bits per heavy atom. The molecule has 3 heterocycles. The number of aromatic nitrogens is 3. The van der Waals surface area contributed by atoms with Crippen LogP contribution in [0.25, 0.3) is 23.2 Å². The standard InChI is InChI=1S/C24H21N5O2/c1-16-9-10-17(2)29(16)27-24(30)19(14-25)13-20-15-28(21-7-5-4-6-8-21)26-23(20)22-12-11-18(3)31-22/h4-13,15H,1-3H3,(H,27,30)/b19-13+. The van der Waals surface area contributed by atoms with Crippen LogP contribution in [0.4, 0.5) is 0 Å². The fraction of sp³-hybridized carbons (Fsp3) is 0.125. The van der Waals surface area contributed by atoms with E-state index in [9.17, 15) is 10.1 Å². The van der Waals surface area contributed by atoms with E-state index in [2.05, 4.69) is 10.5 Å². The molecule has 4 aromatic rings. The zero-order valence-electron chi connectivity index (χ0n) is 17.5. The lowest BCUT2D eigenvalue weighted by molar-refractivity contribution is -0.113. The van der Waals surface area contributed by atoms with Crippen molar-refractivity contribution in [3.63, 3.8) is 0 Å². The maximum atomic E-state index is 12.8. The van der Waals surface area contributed by atoms with Gasteiger partial charge in [-0.15, -0.1) is 0 Å². The van der Waals surface area contributed by atoms with Gasteiger partial charge in [-0.05, 0) is 63.2 Å². The van der Waals surface area contributed by atoms with Gasteiger partial charge in [0.15, 0.2) is 5.76 Å². The molecule has 4 rings (SSSR count). The molecule has 31 heavy (non-hydrogen) atoms. The van der Waals surface area contributed by atoms with Crippen LogP contribution >= 0.6 is 0 Å². The van der Waals surface area contributed by atoms with Crippen LogP contribution in [-0.2, 0) is 4.79 Å². The fourth-order valence-corrected chi connectivity index (χ4v) is 3.27. The van der Waals surface area contributed by atoms with Crippen molar-refractivity contribution in [3.8, 4) is 23.2 Å². The van der Waals surface area contributed by atoms with Gasteiger partial charge >= 0.3 is 0 Å². The molecular formula is C24H21N5O2. The van der Waals surface area contributed by atoms with Crippen LogP contribution in [0.3, 0.4) is 0 Å². The summed E-state index contributed by atoms with van der Waals surface area (Å²) in [5.74, 6) is 0.808. The Kier molecular flexibility index (Phi) is 5.29. The van der Waals surface area contributed by atoms with Crippen molar-refractivity contribution >= 4 is 12.0 Å². The first-order valence-electron chi connectivity index (χ1n) is 9.76. The summed E-state index contributed by atoms with van der Waals surface area (Å²) in [6.07, 6.45) is 3.31. The summed E-state index contributed by atoms with van der Waals surface area (Å²) < 4.78 is 9.11. The van der Waals surface area contributed by atoms with E-state index in [1.54, 1.807) is 15.6 Å². The lowest BCUT2D eigenvalue weighted by Crippen LogP contribution is -2.25. The average molecular weight is 411 g/mol. The van der Waals surface area contributed by atoms with Gasteiger partial charge in [0.1, 0.15) is 23.1 Å². The molecule has 1 N–H and O–H groups in total. The maximum absolute atomic E-state index is 12.8. The Morgan fingerprint density at radius 1 is 1.06 bits per heavy atom. The number of furan rings is 1. The normalized spacial score (nSPS) is 11.4. The Bertz CT molecular complexity index is 1300. The van der Waals surface area contributed by atoms with Gasteiger partial charge in [-0.2, -0.15) is 10.4 Å². The maximum Gasteiger partial charge on any atom is 0.280 e. The molecule has 0 aliphatic rings. The third-order valence-corrected chi connectivity index (χ3v) is 4.89. The summed E-state index contributed by atoms with van der Waals surface area (Å²) in [5.41, 5.74) is 6.47. The first-order valence-corrected chi connectivity index (χ1v) is 9.76. The quantitative estimate of drug-likeness (QED) is 0.386. The molecule has 0 spiro atoms. The number of carbonyl (C=O) groups is 1. The molecule has 0 atom stereocenters. The van der Waals surface area contributed by atoms with Crippen LogP contribution in [0.1, 0.15) is 22.7 Å². The minimum absolute atomic E-state index is 0.0374. The molecule has 0 saturated carbocycles. The van der Waals surface area contributed by atoms with E-state index < -0.39 is 5.91 Å². The molecule has 0 radical (unpaired) electrons. The van der Waals surface area contributed by atoms with Gasteiger partial charge in [0.05, 0.1) is 5.69 Å². The zero-order valence-corrected chi connectivity index (χ0v) is 17.5. The van der Waals surface area contributed by atoms with Gasteiger partial charge in [0.25, 0.3) is 5.91 Å². The molecule has 0 aliphatic carbocycles. The third-order valence-electron chi connectivity index (χ3n) is 4.89. The molecule has 7 heteroatoms. The number of hydrogen-bond donors (Lipinski definition) is 1. The Morgan fingerprint density at radius 2 is 1.77 bits per heavy atom. The molecular weight excluding hydrogens is 390 g/mol. The largest absolute Gasteiger partial charge is 0.460 e. The number of nitrogens with zero attached hydrogens (tertiary/aromatic N) is 4. The Hall–Kier alpha value is -4.31. The smallest absolute Gasteiger partial charge is 0.280 e. The number of benzene rings is 1. The van der Waals surface area contributed by atoms with Crippen LogP contribution in [0.15, 0.2) is 70.8 Å². The number of carbonyl (C=O) groups excluding carboxylic acids is 1. The van der Waals surface area contributed by atoms with Crippen molar-refractivity contribution in [2.24, 2.45) is 0 Å². The van der Waals surface area contributed by atoms with Crippen molar-refractivity contribution in [2.45, 2.75) is 20.8 Å². The molecule has 0 unspecified atom stereocenters. The van der Waals surface area contributed by atoms with E-state index in [-0.39, 0.29) is 5.57 Å². The highest BCUT2D eigenvalue weighted by atomic mass is 16.3. The molecule has 1 aromatic carbocycles.